The molecule has 1 aliphatic rings. The summed E-state index contributed by atoms with van der Waals surface area (Å²) in [7, 11) is 0. The van der Waals surface area contributed by atoms with Crippen molar-refractivity contribution in [1.82, 2.24) is 4.90 Å². The van der Waals surface area contributed by atoms with Crippen LogP contribution in [-0.4, -0.2) is 18.0 Å². The van der Waals surface area contributed by atoms with Crippen LogP contribution in [0.1, 0.15) is 31.7 Å². The summed E-state index contributed by atoms with van der Waals surface area (Å²) in [5.41, 5.74) is 8.19. The molecule has 1 unspecified atom stereocenters. The van der Waals surface area contributed by atoms with Crippen molar-refractivity contribution in [1.29, 1.82) is 0 Å². The van der Waals surface area contributed by atoms with Crippen molar-refractivity contribution in [2.75, 3.05) is 18.8 Å². The molecule has 88 valence electrons. The van der Waals surface area contributed by atoms with Crippen molar-refractivity contribution in [3.63, 3.8) is 0 Å². The van der Waals surface area contributed by atoms with Gasteiger partial charge in [0.05, 0.1) is 0 Å². The predicted molar refractivity (Wildman–Crippen MR) is 69.1 cm³/mol. The molecule has 1 atom stereocenters. The smallest absolute Gasteiger partial charge is 0.0359 e. The third-order valence-electron chi connectivity index (χ3n) is 3.63. The molecule has 0 bridgehead atoms. The van der Waals surface area contributed by atoms with Gasteiger partial charge in [-0.3, -0.25) is 4.90 Å². The first-order valence-corrected chi connectivity index (χ1v) is 6.35. The van der Waals surface area contributed by atoms with E-state index in [0.717, 1.165) is 18.2 Å². The summed E-state index contributed by atoms with van der Waals surface area (Å²) in [5, 5.41) is 0. The third kappa shape index (κ3) is 2.76. The van der Waals surface area contributed by atoms with Crippen LogP contribution in [0.15, 0.2) is 24.3 Å². The lowest BCUT2D eigenvalue weighted by atomic mass is 9.95. The average molecular weight is 218 g/mol. The van der Waals surface area contributed by atoms with Gasteiger partial charge < -0.3 is 5.73 Å². The lowest BCUT2D eigenvalue weighted by Gasteiger charge is -2.32. The third-order valence-corrected chi connectivity index (χ3v) is 3.63. The van der Waals surface area contributed by atoms with E-state index in [2.05, 4.69) is 24.0 Å². The highest BCUT2D eigenvalue weighted by Crippen LogP contribution is 2.22. The number of benzene rings is 1. The summed E-state index contributed by atoms with van der Waals surface area (Å²) in [6.07, 6.45) is 4.04. The Kier molecular flexibility index (Phi) is 3.83. The van der Waals surface area contributed by atoms with Gasteiger partial charge in [0, 0.05) is 18.8 Å². The summed E-state index contributed by atoms with van der Waals surface area (Å²) in [4.78, 5) is 2.54. The zero-order valence-electron chi connectivity index (χ0n) is 10.2. The minimum atomic E-state index is 0.888. The maximum Gasteiger partial charge on any atom is 0.0359 e. The maximum absolute atomic E-state index is 5.98. The molecule has 1 aromatic carbocycles. The second-order valence-electron chi connectivity index (χ2n) is 4.85. The topological polar surface area (TPSA) is 29.3 Å². The molecule has 1 fully saturated rings. The van der Waals surface area contributed by atoms with Gasteiger partial charge in [0.1, 0.15) is 0 Å². The van der Waals surface area contributed by atoms with E-state index >= 15 is 0 Å². The van der Waals surface area contributed by atoms with Gasteiger partial charge in [0.15, 0.2) is 0 Å². The maximum atomic E-state index is 5.98. The minimum Gasteiger partial charge on any atom is -0.398 e. The number of nitrogens with zero attached hydrogens (tertiary/aromatic N) is 1. The van der Waals surface area contributed by atoms with Crippen LogP contribution in [0.2, 0.25) is 0 Å². The SMILES string of the molecule is CCC1CCCN(Cc2ccccc2N)C1. The van der Waals surface area contributed by atoms with E-state index in [9.17, 15) is 0 Å². The Morgan fingerprint density at radius 1 is 1.38 bits per heavy atom. The molecule has 2 N–H and O–H groups in total. The quantitative estimate of drug-likeness (QED) is 0.790. The second-order valence-corrected chi connectivity index (χ2v) is 4.85. The van der Waals surface area contributed by atoms with Gasteiger partial charge in [-0.2, -0.15) is 0 Å². The Morgan fingerprint density at radius 3 is 2.94 bits per heavy atom. The van der Waals surface area contributed by atoms with Crippen molar-refractivity contribution >= 4 is 5.69 Å². The second kappa shape index (κ2) is 5.35. The average Bonchev–Trinajstić information content (AvgIpc) is 2.32. The van der Waals surface area contributed by atoms with Crippen molar-refractivity contribution in [2.24, 2.45) is 5.92 Å². The number of rotatable bonds is 3. The molecule has 0 radical (unpaired) electrons. The van der Waals surface area contributed by atoms with E-state index < -0.39 is 0 Å². The summed E-state index contributed by atoms with van der Waals surface area (Å²) < 4.78 is 0. The van der Waals surface area contributed by atoms with Crippen LogP contribution < -0.4 is 5.73 Å². The van der Waals surface area contributed by atoms with Gasteiger partial charge in [-0.05, 0) is 36.9 Å². The molecular weight excluding hydrogens is 196 g/mol. The first-order valence-electron chi connectivity index (χ1n) is 6.35. The number of anilines is 1. The number of nitrogens with two attached hydrogens (primary N) is 1. The molecule has 1 aliphatic heterocycles. The highest BCUT2D eigenvalue weighted by Gasteiger charge is 2.18. The van der Waals surface area contributed by atoms with Crippen LogP contribution in [0.25, 0.3) is 0 Å². The van der Waals surface area contributed by atoms with Crippen LogP contribution in [-0.2, 0) is 6.54 Å². The zero-order chi connectivity index (χ0) is 11.4. The lowest BCUT2D eigenvalue weighted by molar-refractivity contribution is 0.165. The summed E-state index contributed by atoms with van der Waals surface area (Å²) >= 11 is 0. The van der Waals surface area contributed by atoms with Gasteiger partial charge in [0.25, 0.3) is 0 Å². The van der Waals surface area contributed by atoms with Gasteiger partial charge >= 0.3 is 0 Å². The number of piperidine rings is 1. The number of hydrogen-bond donors (Lipinski definition) is 1. The van der Waals surface area contributed by atoms with E-state index in [0.29, 0.717) is 0 Å². The van der Waals surface area contributed by atoms with E-state index in [-0.39, 0.29) is 0 Å². The molecule has 1 heterocycles. The van der Waals surface area contributed by atoms with Crippen molar-refractivity contribution in [2.45, 2.75) is 32.7 Å². The molecule has 2 nitrogen and oxygen atoms in total. The van der Waals surface area contributed by atoms with Crippen molar-refractivity contribution in [3.05, 3.63) is 29.8 Å². The Hall–Kier alpha value is -1.02. The molecule has 0 spiro atoms. The van der Waals surface area contributed by atoms with Gasteiger partial charge in [-0.15, -0.1) is 0 Å². The Bertz CT molecular complexity index is 335. The monoisotopic (exact) mass is 218 g/mol. The number of hydrogen-bond acceptors (Lipinski definition) is 2. The van der Waals surface area contributed by atoms with Crippen LogP contribution in [0.4, 0.5) is 5.69 Å². The Balaban J connectivity index is 1.97. The molecule has 0 saturated carbocycles. The molecule has 0 aliphatic carbocycles. The van der Waals surface area contributed by atoms with E-state index in [4.69, 9.17) is 5.73 Å². The van der Waals surface area contributed by atoms with Gasteiger partial charge in [-0.25, -0.2) is 0 Å². The minimum absolute atomic E-state index is 0.888. The summed E-state index contributed by atoms with van der Waals surface area (Å²) in [5.74, 6) is 0.888. The fourth-order valence-corrected chi connectivity index (χ4v) is 2.55. The van der Waals surface area contributed by atoms with Gasteiger partial charge in [-0.1, -0.05) is 31.5 Å². The molecule has 1 aromatic rings. The number of likely N-dealkylation sites (tertiary alicyclic amines) is 1. The molecule has 0 aromatic heterocycles. The summed E-state index contributed by atoms with van der Waals surface area (Å²) in [6.45, 7) is 5.78. The van der Waals surface area contributed by atoms with E-state index in [1.54, 1.807) is 0 Å². The van der Waals surface area contributed by atoms with Crippen molar-refractivity contribution in [3.8, 4) is 0 Å². The molecule has 1 saturated heterocycles. The van der Waals surface area contributed by atoms with Crippen LogP contribution >= 0.6 is 0 Å². The van der Waals surface area contributed by atoms with Crippen LogP contribution in [0, 0.1) is 5.92 Å². The Labute approximate surface area is 98.4 Å². The first kappa shape index (κ1) is 11.5. The fraction of sp³-hybridized carbons (Fsp3) is 0.571. The number of para-hydroxylation sites is 1. The van der Waals surface area contributed by atoms with E-state index in [1.165, 1.54) is 37.9 Å². The first-order chi connectivity index (χ1) is 7.79. The highest BCUT2D eigenvalue weighted by molar-refractivity contribution is 5.46. The largest absolute Gasteiger partial charge is 0.398 e. The van der Waals surface area contributed by atoms with Gasteiger partial charge in [0.2, 0.25) is 0 Å². The zero-order valence-corrected chi connectivity index (χ0v) is 10.2. The van der Waals surface area contributed by atoms with Crippen LogP contribution in [0.3, 0.4) is 0 Å². The lowest BCUT2D eigenvalue weighted by Crippen LogP contribution is -2.34. The Morgan fingerprint density at radius 2 is 2.19 bits per heavy atom. The predicted octanol–water partition coefficient (Wildman–Crippen LogP) is 2.89. The molecule has 0 amide bonds. The summed E-state index contributed by atoms with van der Waals surface area (Å²) in [6, 6.07) is 8.22. The van der Waals surface area contributed by atoms with E-state index in [1.807, 2.05) is 12.1 Å². The molecule has 16 heavy (non-hydrogen) atoms. The molecule has 2 rings (SSSR count). The van der Waals surface area contributed by atoms with Crippen molar-refractivity contribution < 1.29 is 0 Å². The number of nitrogen functional groups attached to an aromatic ring is 1. The van der Waals surface area contributed by atoms with Crippen LogP contribution in [0.5, 0.6) is 0 Å². The molecular formula is C14H22N2. The highest BCUT2D eigenvalue weighted by atomic mass is 15.1. The molecule has 2 heteroatoms. The fourth-order valence-electron chi connectivity index (χ4n) is 2.55. The standard InChI is InChI=1S/C14H22N2/c1-2-12-6-5-9-16(10-12)11-13-7-3-4-8-14(13)15/h3-4,7-8,12H,2,5-6,9-11,15H2,1H3. The normalized spacial score (nSPS) is 22.2.